The molecule has 3 N–H and O–H groups in total. The highest BCUT2D eigenvalue weighted by Gasteiger charge is 2.12. The van der Waals surface area contributed by atoms with Gasteiger partial charge in [0.2, 0.25) is 0 Å². The van der Waals surface area contributed by atoms with Crippen molar-refractivity contribution in [1.29, 1.82) is 0 Å². The van der Waals surface area contributed by atoms with Crippen molar-refractivity contribution in [3.8, 4) is 0 Å². The van der Waals surface area contributed by atoms with E-state index in [1.165, 1.54) is 12.1 Å². The monoisotopic (exact) mass is 286 g/mol. The van der Waals surface area contributed by atoms with E-state index in [9.17, 15) is 4.39 Å². The Balaban J connectivity index is 2.74. The number of nitrogens with one attached hydrogen (secondary N) is 1. The average Bonchev–Trinajstić information content (AvgIpc) is 2.26. The molecule has 2 nitrogen and oxygen atoms in total. The standard InChI is InChI=1S/C12H16BrFN2/c1-2-3-4-5-12(16-15)10-7-6-9(14)8-11(10)13/h2,6-8,12,16H,1,3-5,15H2. The largest absolute Gasteiger partial charge is 0.271 e. The predicted octanol–water partition coefficient (Wildman–Crippen LogP) is 3.45. The molecule has 1 aromatic carbocycles. The molecule has 1 aromatic rings. The van der Waals surface area contributed by atoms with Crippen molar-refractivity contribution in [2.75, 3.05) is 0 Å². The van der Waals surface area contributed by atoms with Gasteiger partial charge in [0.15, 0.2) is 0 Å². The summed E-state index contributed by atoms with van der Waals surface area (Å²) in [5, 5.41) is 0. The van der Waals surface area contributed by atoms with E-state index in [-0.39, 0.29) is 11.9 Å². The first-order valence-corrected chi connectivity index (χ1v) is 6.00. The second-order valence-corrected chi connectivity index (χ2v) is 4.46. The number of unbranched alkanes of at least 4 members (excludes halogenated alkanes) is 1. The summed E-state index contributed by atoms with van der Waals surface area (Å²) < 4.78 is 13.7. The number of nitrogens with two attached hydrogens (primary N) is 1. The van der Waals surface area contributed by atoms with Crippen LogP contribution < -0.4 is 11.3 Å². The van der Waals surface area contributed by atoms with Crippen LogP contribution in [0.2, 0.25) is 0 Å². The topological polar surface area (TPSA) is 38.0 Å². The molecular weight excluding hydrogens is 271 g/mol. The minimum absolute atomic E-state index is 0.0370. The van der Waals surface area contributed by atoms with Crippen LogP contribution in [-0.4, -0.2) is 0 Å². The van der Waals surface area contributed by atoms with Gasteiger partial charge in [-0.3, -0.25) is 11.3 Å². The van der Waals surface area contributed by atoms with E-state index in [1.807, 2.05) is 6.08 Å². The van der Waals surface area contributed by atoms with E-state index in [0.717, 1.165) is 29.3 Å². The summed E-state index contributed by atoms with van der Waals surface area (Å²) in [6, 6.07) is 4.68. The van der Waals surface area contributed by atoms with Gasteiger partial charge in [-0.1, -0.05) is 28.1 Å². The first-order valence-electron chi connectivity index (χ1n) is 5.21. The molecule has 0 spiro atoms. The van der Waals surface area contributed by atoms with Crippen molar-refractivity contribution in [3.63, 3.8) is 0 Å². The Morgan fingerprint density at radius 3 is 2.88 bits per heavy atom. The second-order valence-electron chi connectivity index (χ2n) is 3.60. The molecule has 0 aliphatic heterocycles. The highest BCUT2D eigenvalue weighted by atomic mass is 79.9. The van der Waals surface area contributed by atoms with E-state index < -0.39 is 0 Å². The first kappa shape index (κ1) is 13.4. The van der Waals surface area contributed by atoms with Gasteiger partial charge in [0.1, 0.15) is 5.82 Å². The van der Waals surface area contributed by atoms with Crippen molar-refractivity contribution in [2.24, 2.45) is 5.84 Å². The molecule has 0 aromatic heterocycles. The summed E-state index contributed by atoms with van der Waals surface area (Å²) in [7, 11) is 0. The molecular formula is C12H16BrFN2. The van der Waals surface area contributed by atoms with Crippen LogP contribution in [0.25, 0.3) is 0 Å². The Morgan fingerprint density at radius 2 is 2.31 bits per heavy atom. The molecule has 88 valence electrons. The zero-order valence-electron chi connectivity index (χ0n) is 9.05. The Labute approximate surface area is 104 Å². The van der Waals surface area contributed by atoms with Crippen LogP contribution in [0.5, 0.6) is 0 Å². The van der Waals surface area contributed by atoms with Crippen molar-refractivity contribution < 1.29 is 4.39 Å². The fourth-order valence-corrected chi connectivity index (χ4v) is 2.21. The van der Waals surface area contributed by atoms with Gasteiger partial charge in [-0.05, 0) is 37.0 Å². The van der Waals surface area contributed by atoms with Gasteiger partial charge < -0.3 is 0 Å². The third-order valence-corrected chi connectivity index (χ3v) is 3.13. The Bertz CT molecular complexity index is 355. The van der Waals surface area contributed by atoms with Gasteiger partial charge in [0.05, 0.1) is 0 Å². The zero-order valence-corrected chi connectivity index (χ0v) is 10.6. The number of hydrazine groups is 1. The minimum Gasteiger partial charge on any atom is -0.271 e. The molecule has 0 bridgehead atoms. The van der Waals surface area contributed by atoms with Crippen molar-refractivity contribution >= 4 is 15.9 Å². The Morgan fingerprint density at radius 1 is 1.56 bits per heavy atom. The molecule has 1 unspecified atom stereocenters. The van der Waals surface area contributed by atoms with Crippen LogP contribution in [0.15, 0.2) is 35.3 Å². The fourth-order valence-electron chi connectivity index (χ4n) is 1.58. The van der Waals surface area contributed by atoms with Crippen LogP contribution >= 0.6 is 15.9 Å². The highest BCUT2D eigenvalue weighted by molar-refractivity contribution is 9.10. The summed E-state index contributed by atoms with van der Waals surface area (Å²) in [5.41, 5.74) is 3.73. The van der Waals surface area contributed by atoms with Gasteiger partial charge in [0.25, 0.3) is 0 Å². The summed E-state index contributed by atoms with van der Waals surface area (Å²) in [6.07, 6.45) is 4.74. The number of allylic oxidation sites excluding steroid dienone is 1. The third kappa shape index (κ3) is 3.70. The van der Waals surface area contributed by atoms with Gasteiger partial charge in [-0.25, -0.2) is 4.39 Å². The molecule has 1 atom stereocenters. The lowest BCUT2D eigenvalue weighted by Crippen LogP contribution is -2.28. The smallest absolute Gasteiger partial charge is 0.124 e. The van der Waals surface area contributed by atoms with Gasteiger partial charge in [-0.2, -0.15) is 0 Å². The lowest BCUT2D eigenvalue weighted by Gasteiger charge is -2.17. The Kier molecular flexibility index (Phi) is 5.66. The number of hydrogen-bond acceptors (Lipinski definition) is 2. The van der Waals surface area contributed by atoms with E-state index >= 15 is 0 Å². The molecule has 0 fully saturated rings. The third-order valence-electron chi connectivity index (χ3n) is 2.44. The first-order chi connectivity index (χ1) is 7.69. The van der Waals surface area contributed by atoms with E-state index in [1.54, 1.807) is 6.07 Å². The van der Waals surface area contributed by atoms with Crippen LogP contribution in [0, 0.1) is 5.82 Å². The molecule has 1 rings (SSSR count). The van der Waals surface area contributed by atoms with Crippen molar-refractivity contribution in [2.45, 2.75) is 25.3 Å². The van der Waals surface area contributed by atoms with Crippen LogP contribution in [0.4, 0.5) is 4.39 Å². The lowest BCUT2D eigenvalue weighted by atomic mass is 10.0. The second kappa shape index (κ2) is 6.78. The van der Waals surface area contributed by atoms with E-state index in [0.29, 0.717) is 0 Å². The molecule has 0 aliphatic rings. The average molecular weight is 287 g/mol. The minimum atomic E-state index is -0.252. The lowest BCUT2D eigenvalue weighted by molar-refractivity contribution is 0.498. The van der Waals surface area contributed by atoms with Gasteiger partial charge in [-0.15, -0.1) is 6.58 Å². The number of halogens is 2. The summed E-state index contributed by atoms with van der Waals surface area (Å²) >= 11 is 3.34. The molecule has 0 saturated heterocycles. The van der Waals surface area contributed by atoms with Gasteiger partial charge >= 0.3 is 0 Å². The fraction of sp³-hybridized carbons (Fsp3) is 0.333. The Hall–Kier alpha value is -0.710. The predicted molar refractivity (Wildman–Crippen MR) is 68.2 cm³/mol. The number of hydrogen-bond donors (Lipinski definition) is 2. The zero-order chi connectivity index (χ0) is 12.0. The molecule has 0 amide bonds. The maximum Gasteiger partial charge on any atom is 0.124 e. The molecule has 16 heavy (non-hydrogen) atoms. The van der Waals surface area contributed by atoms with Crippen molar-refractivity contribution in [1.82, 2.24) is 5.43 Å². The van der Waals surface area contributed by atoms with Crippen LogP contribution in [0.1, 0.15) is 30.9 Å². The van der Waals surface area contributed by atoms with Crippen LogP contribution in [0.3, 0.4) is 0 Å². The van der Waals surface area contributed by atoms with E-state index in [2.05, 4.69) is 27.9 Å². The SMILES string of the molecule is C=CCCCC(NN)c1ccc(F)cc1Br. The van der Waals surface area contributed by atoms with Gasteiger partial charge in [0, 0.05) is 10.5 Å². The highest BCUT2D eigenvalue weighted by Crippen LogP contribution is 2.27. The molecule has 0 aliphatic carbocycles. The summed E-state index contributed by atoms with van der Waals surface area (Å²) in [6.45, 7) is 3.67. The summed E-state index contributed by atoms with van der Waals surface area (Å²) in [5.74, 6) is 5.25. The number of rotatable bonds is 6. The molecule has 0 radical (unpaired) electrons. The summed E-state index contributed by atoms with van der Waals surface area (Å²) in [4.78, 5) is 0. The number of benzene rings is 1. The van der Waals surface area contributed by atoms with Crippen LogP contribution in [-0.2, 0) is 0 Å². The quantitative estimate of drug-likeness (QED) is 0.364. The van der Waals surface area contributed by atoms with Crippen molar-refractivity contribution in [3.05, 3.63) is 46.7 Å². The maximum absolute atomic E-state index is 12.9. The normalized spacial score (nSPS) is 12.4. The maximum atomic E-state index is 12.9. The van der Waals surface area contributed by atoms with E-state index in [4.69, 9.17) is 5.84 Å². The molecule has 0 heterocycles. The molecule has 0 saturated carbocycles. The molecule has 4 heteroatoms.